The molecule has 1 unspecified atom stereocenters. The van der Waals surface area contributed by atoms with Gasteiger partial charge in [0.25, 0.3) is 0 Å². The van der Waals surface area contributed by atoms with Crippen molar-refractivity contribution in [2.24, 2.45) is 11.8 Å². The third-order valence-electron chi connectivity index (χ3n) is 4.13. The van der Waals surface area contributed by atoms with E-state index in [-0.39, 0.29) is 0 Å². The smallest absolute Gasteiger partial charge is 0.325 e. The van der Waals surface area contributed by atoms with Crippen LogP contribution in [0, 0.1) is 11.8 Å². The summed E-state index contributed by atoms with van der Waals surface area (Å²) in [6.07, 6.45) is 4.98. The van der Waals surface area contributed by atoms with E-state index < -0.39 is 12.0 Å². The molecule has 1 aliphatic carbocycles. The van der Waals surface area contributed by atoms with Gasteiger partial charge in [0, 0.05) is 0 Å². The van der Waals surface area contributed by atoms with Crippen molar-refractivity contribution in [2.45, 2.75) is 38.6 Å². The normalized spacial score (nSPS) is 24.9. The molecule has 0 aromatic heterocycles. The van der Waals surface area contributed by atoms with Gasteiger partial charge < -0.3 is 10.4 Å². The summed E-state index contributed by atoms with van der Waals surface area (Å²) in [5, 5.41) is 12.6. The summed E-state index contributed by atoms with van der Waals surface area (Å²) in [7, 11) is 0. The molecular weight excluding hydrogens is 238 g/mol. The Morgan fingerprint density at radius 1 is 1.26 bits per heavy atom. The zero-order valence-electron chi connectivity index (χ0n) is 11.5. The fourth-order valence-corrected chi connectivity index (χ4v) is 2.81. The standard InChI is InChI=1S/C16H23NO2/c1-12-7-9-13(10-8-12)11-17-15(16(18)19)14-5-3-2-4-6-14/h2-6,12-13,15,17H,7-11H2,1H3,(H,18,19). The summed E-state index contributed by atoms with van der Waals surface area (Å²) in [4.78, 5) is 11.4. The average molecular weight is 261 g/mol. The highest BCUT2D eigenvalue weighted by Crippen LogP contribution is 2.28. The monoisotopic (exact) mass is 261 g/mol. The molecule has 3 heteroatoms. The molecule has 0 heterocycles. The van der Waals surface area contributed by atoms with Crippen LogP contribution in [0.5, 0.6) is 0 Å². The predicted molar refractivity (Wildman–Crippen MR) is 75.9 cm³/mol. The van der Waals surface area contributed by atoms with Gasteiger partial charge in [-0.3, -0.25) is 4.79 Å². The molecule has 0 spiro atoms. The van der Waals surface area contributed by atoms with E-state index in [1.54, 1.807) is 0 Å². The zero-order chi connectivity index (χ0) is 13.7. The molecule has 0 aliphatic heterocycles. The molecule has 0 saturated heterocycles. The second kappa shape index (κ2) is 6.71. The molecule has 2 N–H and O–H groups in total. The number of aliphatic carboxylic acids is 1. The van der Waals surface area contributed by atoms with Crippen LogP contribution in [0.3, 0.4) is 0 Å². The SMILES string of the molecule is CC1CCC(CNC(C(=O)O)c2ccccc2)CC1. The second-order valence-electron chi connectivity index (χ2n) is 5.72. The van der Waals surface area contributed by atoms with Crippen LogP contribution in [0.15, 0.2) is 30.3 Å². The van der Waals surface area contributed by atoms with E-state index in [2.05, 4.69) is 12.2 Å². The largest absolute Gasteiger partial charge is 0.480 e. The highest BCUT2D eigenvalue weighted by Gasteiger charge is 2.23. The first-order valence-corrected chi connectivity index (χ1v) is 7.18. The van der Waals surface area contributed by atoms with Crippen LogP contribution >= 0.6 is 0 Å². The lowest BCUT2D eigenvalue weighted by Gasteiger charge is -2.27. The van der Waals surface area contributed by atoms with Gasteiger partial charge in [0.1, 0.15) is 6.04 Å². The van der Waals surface area contributed by atoms with Crippen molar-refractivity contribution in [2.75, 3.05) is 6.54 Å². The van der Waals surface area contributed by atoms with Crippen LogP contribution in [0.1, 0.15) is 44.2 Å². The predicted octanol–water partition coefficient (Wildman–Crippen LogP) is 3.23. The van der Waals surface area contributed by atoms with E-state index >= 15 is 0 Å². The summed E-state index contributed by atoms with van der Waals surface area (Å²) in [6, 6.07) is 8.83. The molecule has 1 aliphatic rings. The molecule has 1 aromatic carbocycles. The Balaban J connectivity index is 1.90. The molecule has 104 valence electrons. The fourth-order valence-electron chi connectivity index (χ4n) is 2.81. The van der Waals surface area contributed by atoms with Crippen LogP contribution in [0.2, 0.25) is 0 Å². The maximum absolute atomic E-state index is 11.4. The van der Waals surface area contributed by atoms with Crippen LogP contribution in [0.25, 0.3) is 0 Å². The topological polar surface area (TPSA) is 49.3 Å². The van der Waals surface area contributed by atoms with Crippen molar-refractivity contribution >= 4 is 5.97 Å². The first-order chi connectivity index (χ1) is 9.16. The Morgan fingerprint density at radius 2 is 1.89 bits per heavy atom. The zero-order valence-corrected chi connectivity index (χ0v) is 11.5. The summed E-state index contributed by atoms with van der Waals surface area (Å²) in [5.74, 6) is 0.665. The van der Waals surface area contributed by atoms with Crippen molar-refractivity contribution in [1.29, 1.82) is 0 Å². The number of nitrogens with one attached hydrogen (secondary N) is 1. The van der Waals surface area contributed by atoms with E-state index in [0.29, 0.717) is 5.92 Å². The van der Waals surface area contributed by atoms with Gasteiger partial charge in [0.05, 0.1) is 0 Å². The van der Waals surface area contributed by atoms with Crippen LogP contribution < -0.4 is 5.32 Å². The lowest BCUT2D eigenvalue weighted by Crippen LogP contribution is -2.33. The van der Waals surface area contributed by atoms with E-state index in [1.165, 1.54) is 25.7 Å². The van der Waals surface area contributed by atoms with Gasteiger partial charge in [-0.1, -0.05) is 50.1 Å². The highest BCUT2D eigenvalue weighted by molar-refractivity contribution is 5.75. The third-order valence-corrected chi connectivity index (χ3v) is 4.13. The van der Waals surface area contributed by atoms with Gasteiger partial charge in [-0.2, -0.15) is 0 Å². The first kappa shape index (κ1) is 14.1. The Hall–Kier alpha value is -1.35. The van der Waals surface area contributed by atoms with Crippen LogP contribution in [-0.2, 0) is 4.79 Å². The lowest BCUT2D eigenvalue weighted by atomic mass is 9.83. The molecule has 0 bridgehead atoms. The van der Waals surface area contributed by atoms with Gasteiger partial charge in [-0.25, -0.2) is 0 Å². The molecule has 2 rings (SSSR count). The Bertz CT molecular complexity index is 396. The van der Waals surface area contributed by atoms with Crippen LogP contribution in [0.4, 0.5) is 0 Å². The quantitative estimate of drug-likeness (QED) is 0.855. The van der Waals surface area contributed by atoms with Crippen LogP contribution in [-0.4, -0.2) is 17.6 Å². The Morgan fingerprint density at radius 3 is 2.47 bits per heavy atom. The number of carboxylic acids is 1. The van der Waals surface area contributed by atoms with Crippen molar-refractivity contribution in [3.63, 3.8) is 0 Å². The maximum atomic E-state index is 11.4. The minimum atomic E-state index is -0.796. The van der Waals surface area contributed by atoms with Gasteiger partial charge in [-0.05, 0) is 36.8 Å². The summed E-state index contributed by atoms with van der Waals surface area (Å²) < 4.78 is 0. The molecule has 19 heavy (non-hydrogen) atoms. The second-order valence-corrected chi connectivity index (χ2v) is 5.72. The van der Waals surface area contributed by atoms with E-state index in [4.69, 9.17) is 0 Å². The summed E-state index contributed by atoms with van der Waals surface area (Å²) in [6.45, 7) is 3.10. The number of hydrogen-bond acceptors (Lipinski definition) is 2. The Kier molecular flexibility index (Phi) is 4.97. The van der Waals surface area contributed by atoms with Crippen molar-refractivity contribution in [3.05, 3.63) is 35.9 Å². The molecule has 1 atom stereocenters. The van der Waals surface area contributed by atoms with Gasteiger partial charge in [0.2, 0.25) is 0 Å². The Labute approximate surface area is 115 Å². The number of carbonyl (C=O) groups is 1. The van der Waals surface area contributed by atoms with Gasteiger partial charge in [-0.15, -0.1) is 0 Å². The summed E-state index contributed by atoms with van der Waals surface area (Å²) >= 11 is 0. The molecule has 1 fully saturated rings. The van der Waals surface area contributed by atoms with E-state index in [1.807, 2.05) is 30.3 Å². The molecule has 1 aromatic rings. The van der Waals surface area contributed by atoms with Gasteiger partial charge >= 0.3 is 5.97 Å². The molecule has 3 nitrogen and oxygen atoms in total. The molecule has 1 saturated carbocycles. The molecule has 0 amide bonds. The number of hydrogen-bond donors (Lipinski definition) is 2. The first-order valence-electron chi connectivity index (χ1n) is 7.18. The maximum Gasteiger partial charge on any atom is 0.325 e. The van der Waals surface area contributed by atoms with Gasteiger partial charge in [0.15, 0.2) is 0 Å². The minimum Gasteiger partial charge on any atom is -0.480 e. The number of carboxylic acid groups (broad SMARTS) is 1. The molecular formula is C16H23NO2. The van der Waals surface area contributed by atoms with Crippen molar-refractivity contribution < 1.29 is 9.90 Å². The highest BCUT2D eigenvalue weighted by atomic mass is 16.4. The van der Waals surface area contributed by atoms with E-state index in [9.17, 15) is 9.90 Å². The van der Waals surface area contributed by atoms with Crippen molar-refractivity contribution in [1.82, 2.24) is 5.32 Å². The number of benzene rings is 1. The molecule has 0 radical (unpaired) electrons. The summed E-state index contributed by atoms with van der Waals surface area (Å²) in [5.41, 5.74) is 0.833. The number of rotatable bonds is 5. The lowest BCUT2D eigenvalue weighted by molar-refractivity contribution is -0.139. The minimum absolute atomic E-state index is 0.583. The van der Waals surface area contributed by atoms with Crippen molar-refractivity contribution in [3.8, 4) is 0 Å². The third kappa shape index (κ3) is 4.06. The fraction of sp³-hybridized carbons (Fsp3) is 0.562. The average Bonchev–Trinajstić information content (AvgIpc) is 2.42. The van der Waals surface area contributed by atoms with E-state index in [0.717, 1.165) is 18.0 Å².